The molecule has 0 heterocycles. The highest BCUT2D eigenvalue weighted by Gasteiger charge is 2.33. The molecule has 0 bridgehead atoms. The van der Waals surface area contributed by atoms with Crippen molar-refractivity contribution in [1.82, 2.24) is 10.2 Å². The maximum absolute atomic E-state index is 14.0. The summed E-state index contributed by atoms with van der Waals surface area (Å²) in [4.78, 5) is 28.3. The van der Waals surface area contributed by atoms with Gasteiger partial charge in [-0.1, -0.05) is 54.4 Å². The van der Waals surface area contributed by atoms with Gasteiger partial charge >= 0.3 is 0 Å². The van der Waals surface area contributed by atoms with E-state index in [-0.39, 0.29) is 23.0 Å². The number of carbonyl (C=O) groups is 2. The van der Waals surface area contributed by atoms with Gasteiger partial charge in [0.05, 0.1) is 24.8 Å². The third-order valence-corrected chi connectivity index (χ3v) is 8.71. The fourth-order valence-electron chi connectivity index (χ4n) is 4.13. The summed E-state index contributed by atoms with van der Waals surface area (Å²) < 4.78 is 39.7. The Kier molecular flexibility index (Phi) is 11.0. The van der Waals surface area contributed by atoms with Crippen LogP contribution in [0, 0.1) is 6.92 Å². The van der Waals surface area contributed by atoms with Gasteiger partial charge in [-0.2, -0.15) is 0 Å². The van der Waals surface area contributed by atoms with Crippen molar-refractivity contribution in [3.05, 3.63) is 82.9 Å². The molecule has 0 saturated heterocycles. The zero-order valence-electron chi connectivity index (χ0n) is 23.9. The lowest BCUT2D eigenvalue weighted by Crippen LogP contribution is -2.51. The second-order valence-corrected chi connectivity index (χ2v) is 11.7. The number of methoxy groups -OCH3 is 2. The van der Waals surface area contributed by atoms with Crippen molar-refractivity contribution < 1.29 is 27.5 Å². The van der Waals surface area contributed by atoms with Gasteiger partial charge in [0.15, 0.2) is 11.5 Å². The lowest BCUT2D eigenvalue weighted by atomic mass is 10.1. The number of rotatable bonds is 13. The van der Waals surface area contributed by atoms with Crippen LogP contribution in [0.25, 0.3) is 0 Å². The molecule has 1 N–H and O–H groups in total. The Hall–Kier alpha value is -3.76. The molecule has 1 unspecified atom stereocenters. The molecule has 0 aliphatic carbocycles. The van der Waals surface area contributed by atoms with Gasteiger partial charge < -0.3 is 19.7 Å². The molecule has 0 saturated carbocycles. The SMILES string of the molecule is CCCNC(=O)C(C)N(Cc1ccccc1Cl)C(=O)CN(c1ccc(OC)c(OC)c1)S(=O)(=O)c1ccc(C)cc1. The molecule has 41 heavy (non-hydrogen) atoms. The van der Waals surface area contributed by atoms with Gasteiger partial charge in [-0.3, -0.25) is 13.9 Å². The van der Waals surface area contributed by atoms with Crippen molar-refractivity contribution in [3.63, 3.8) is 0 Å². The van der Waals surface area contributed by atoms with Gasteiger partial charge in [-0.05, 0) is 56.2 Å². The Morgan fingerprint density at radius 1 is 0.976 bits per heavy atom. The van der Waals surface area contributed by atoms with E-state index in [0.717, 1.165) is 16.3 Å². The second kappa shape index (κ2) is 14.2. The number of aryl methyl sites for hydroxylation is 1. The number of sulfonamides is 1. The molecular weight excluding hydrogens is 566 g/mol. The molecule has 0 aliphatic rings. The number of hydrogen-bond acceptors (Lipinski definition) is 6. The van der Waals surface area contributed by atoms with E-state index in [1.54, 1.807) is 49.4 Å². The highest BCUT2D eigenvalue weighted by Crippen LogP contribution is 2.34. The van der Waals surface area contributed by atoms with E-state index in [4.69, 9.17) is 21.1 Å². The number of nitrogens with one attached hydrogen (secondary N) is 1. The topological polar surface area (TPSA) is 105 Å². The van der Waals surface area contributed by atoms with Gasteiger partial charge in [-0.15, -0.1) is 0 Å². The summed E-state index contributed by atoms with van der Waals surface area (Å²) in [5.41, 5.74) is 1.70. The molecule has 3 aromatic rings. The van der Waals surface area contributed by atoms with Crippen LogP contribution in [0.15, 0.2) is 71.6 Å². The molecule has 0 spiro atoms. The molecule has 11 heteroatoms. The first kappa shape index (κ1) is 31.8. The molecule has 0 radical (unpaired) electrons. The smallest absolute Gasteiger partial charge is 0.264 e. The summed E-state index contributed by atoms with van der Waals surface area (Å²) in [7, 11) is -1.31. The Morgan fingerprint density at radius 2 is 1.63 bits per heavy atom. The molecule has 0 fully saturated rings. The minimum atomic E-state index is -4.22. The first-order valence-electron chi connectivity index (χ1n) is 13.2. The normalized spacial score (nSPS) is 11.9. The maximum Gasteiger partial charge on any atom is 0.264 e. The number of carbonyl (C=O) groups excluding carboxylic acids is 2. The predicted molar refractivity (Wildman–Crippen MR) is 160 cm³/mol. The van der Waals surface area contributed by atoms with Crippen LogP contribution in [0.5, 0.6) is 11.5 Å². The van der Waals surface area contributed by atoms with E-state index >= 15 is 0 Å². The van der Waals surface area contributed by atoms with Crippen LogP contribution in [0.3, 0.4) is 0 Å². The van der Waals surface area contributed by atoms with E-state index < -0.39 is 28.5 Å². The third-order valence-electron chi connectivity index (χ3n) is 6.56. The van der Waals surface area contributed by atoms with E-state index in [9.17, 15) is 18.0 Å². The van der Waals surface area contributed by atoms with E-state index in [1.165, 1.54) is 43.4 Å². The number of ether oxygens (including phenoxy) is 2. The van der Waals surface area contributed by atoms with Gasteiger partial charge in [-0.25, -0.2) is 8.42 Å². The van der Waals surface area contributed by atoms with Crippen LogP contribution in [0.2, 0.25) is 5.02 Å². The minimum Gasteiger partial charge on any atom is -0.493 e. The quantitative estimate of drug-likeness (QED) is 0.302. The first-order chi connectivity index (χ1) is 19.5. The first-order valence-corrected chi connectivity index (χ1v) is 15.0. The summed E-state index contributed by atoms with van der Waals surface area (Å²) in [5.74, 6) is -0.250. The van der Waals surface area contributed by atoms with E-state index in [0.29, 0.717) is 28.6 Å². The number of hydrogen-bond donors (Lipinski definition) is 1. The Labute approximate surface area is 247 Å². The highest BCUT2D eigenvalue weighted by molar-refractivity contribution is 7.92. The van der Waals surface area contributed by atoms with E-state index in [2.05, 4.69) is 5.32 Å². The van der Waals surface area contributed by atoms with Crippen molar-refractivity contribution in [1.29, 1.82) is 0 Å². The van der Waals surface area contributed by atoms with Crippen LogP contribution in [0.1, 0.15) is 31.4 Å². The second-order valence-electron chi connectivity index (χ2n) is 9.44. The van der Waals surface area contributed by atoms with Crippen LogP contribution in [-0.4, -0.2) is 58.5 Å². The van der Waals surface area contributed by atoms with Crippen molar-refractivity contribution >= 4 is 39.1 Å². The van der Waals surface area contributed by atoms with Crippen molar-refractivity contribution in [2.75, 3.05) is 31.6 Å². The average molecular weight is 602 g/mol. The summed E-state index contributed by atoms with van der Waals surface area (Å²) in [5, 5.41) is 3.24. The van der Waals surface area contributed by atoms with Gasteiger partial charge in [0, 0.05) is 24.2 Å². The van der Waals surface area contributed by atoms with Crippen LogP contribution >= 0.6 is 11.6 Å². The molecule has 0 aromatic heterocycles. The van der Waals surface area contributed by atoms with Crippen molar-refractivity contribution in [3.8, 4) is 11.5 Å². The molecule has 220 valence electrons. The largest absolute Gasteiger partial charge is 0.493 e. The standard InChI is InChI=1S/C30H36ClN3O6S/c1-6-17-32-30(36)22(3)33(19-23-9-7-8-10-26(23)31)29(35)20-34(24-13-16-27(39-4)28(18-24)40-5)41(37,38)25-14-11-21(2)12-15-25/h7-16,18,22H,6,17,19-20H2,1-5H3,(H,32,36). The van der Waals surface area contributed by atoms with E-state index in [1.807, 2.05) is 13.8 Å². The van der Waals surface area contributed by atoms with Crippen LogP contribution in [-0.2, 0) is 26.2 Å². The number of benzene rings is 3. The Balaban J connectivity index is 2.09. The highest BCUT2D eigenvalue weighted by atomic mass is 35.5. The summed E-state index contributed by atoms with van der Waals surface area (Å²) in [6.07, 6.45) is 0.721. The fraction of sp³-hybridized carbons (Fsp3) is 0.333. The monoisotopic (exact) mass is 601 g/mol. The van der Waals surface area contributed by atoms with Crippen LogP contribution in [0.4, 0.5) is 5.69 Å². The molecule has 9 nitrogen and oxygen atoms in total. The van der Waals surface area contributed by atoms with Crippen molar-refractivity contribution in [2.24, 2.45) is 0 Å². The zero-order chi connectivity index (χ0) is 30.2. The van der Waals surface area contributed by atoms with Gasteiger partial charge in [0.2, 0.25) is 11.8 Å². The maximum atomic E-state index is 14.0. The predicted octanol–water partition coefficient (Wildman–Crippen LogP) is 4.80. The molecule has 3 rings (SSSR count). The van der Waals surface area contributed by atoms with Crippen molar-refractivity contribution in [2.45, 2.75) is 44.7 Å². The number of halogens is 1. The summed E-state index contributed by atoms with van der Waals surface area (Å²) in [6.45, 7) is 5.25. The summed E-state index contributed by atoms with van der Waals surface area (Å²) in [6, 6.07) is 17.1. The molecular formula is C30H36ClN3O6S. The third kappa shape index (κ3) is 7.71. The minimum absolute atomic E-state index is 0.00354. The lowest BCUT2D eigenvalue weighted by molar-refractivity contribution is -0.139. The van der Waals surface area contributed by atoms with Crippen LogP contribution < -0.4 is 19.1 Å². The molecule has 1 atom stereocenters. The molecule has 2 amide bonds. The number of nitrogens with zero attached hydrogens (tertiary/aromatic N) is 2. The average Bonchev–Trinajstić information content (AvgIpc) is 2.97. The molecule has 3 aromatic carbocycles. The fourth-order valence-corrected chi connectivity index (χ4v) is 5.74. The van der Waals surface area contributed by atoms with Gasteiger partial charge in [0.25, 0.3) is 10.0 Å². The zero-order valence-corrected chi connectivity index (χ0v) is 25.5. The van der Waals surface area contributed by atoms with Gasteiger partial charge in [0.1, 0.15) is 12.6 Å². The molecule has 0 aliphatic heterocycles. The number of amides is 2. The lowest BCUT2D eigenvalue weighted by Gasteiger charge is -2.32. The Bertz CT molecular complexity index is 1460. The number of anilines is 1. The summed E-state index contributed by atoms with van der Waals surface area (Å²) >= 11 is 6.40. The Morgan fingerprint density at radius 3 is 2.24 bits per heavy atom.